The van der Waals surface area contributed by atoms with Crippen molar-refractivity contribution in [2.45, 2.75) is 12.5 Å². The summed E-state index contributed by atoms with van der Waals surface area (Å²) in [5.41, 5.74) is 4.25. The Hall–Kier alpha value is -1.57. The minimum atomic E-state index is -0.467. The van der Waals surface area contributed by atoms with Gasteiger partial charge in [0.05, 0.1) is 6.10 Å². The highest BCUT2D eigenvalue weighted by atomic mass is 35.5. The molecule has 1 nitrogen and oxygen atoms in total. The van der Waals surface area contributed by atoms with E-state index in [0.29, 0.717) is 6.42 Å². The fourth-order valence-electron chi connectivity index (χ4n) is 2.37. The second-order valence-corrected chi connectivity index (χ2v) is 4.96. The number of aliphatic hydroxyl groups is 1. The highest BCUT2D eigenvalue weighted by Gasteiger charge is 2.15. The Labute approximate surface area is 111 Å². The molecule has 0 radical (unpaired) electrons. The van der Waals surface area contributed by atoms with Crippen LogP contribution >= 0.6 is 11.6 Å². The molecule has 0 saturated heterocycles. The van der Waals surface area contributed by atoms with Crippen molar-refractivity contribution >= 4 is 23.8 Å². The van der Waals surface area contributed by atoms with Gasteiger partial charge in [0.2, 0.25) is 0 Å². The van der Waals surface area contributed by atoms with Gasteiger partial charge in [-0.3, -0.25) is 0 Å². The van der Waals surface area contributed by atoms with Gasteiger partial charge in [-0.1, -0.05) is 54.1 Å². The summed E-state index contributed by atoms with van der Waals surface area (Å²) in [7, 11) is 0. The molecule has 1 aliphatic carbocycles. The van der Waals surface area contributed by atoms with Crippen LogP contribution in [0, 0.1) is 0 Å². The van der Waals surface area contributed by atoms with Crippen LogP contribution in [0.3, 0.4) is 0 Å². The van der Waals surface area contributed by atoms with Gasteiger partial charge in [-0.2, -0.15) is 0 Å². The maximum atomic E-state index is 10.3. The lowest BCUT2D eigenvalue weighted by atomic mass is 9.91. The van der Waals surface area contributed by atoms with Crippen molar-refractivity contribution in [1.29, 1.82) is 0 Å². The van der Waals surface area contributed by atoms with Gasteiger partial charge < -0.3 is 5.11 Å². The van der Waals surface area contributed by atoms with Crippen LogP contribution in [0.25, 0.3) is 12.2 Å². The van der Waals surface area contributed by atoms with Gasteiger partial charge in [0.25, 0.3) is 0 Å². The highest BCUT2D eigenvalue weighted by Crippen LogP contribution is 2.29. The largest absolute Gasteiger partial charge is 0.388 e. The highest BCUT2D eigenvalue weighted by molar-refractivity contribution is 6.30. The molecule has 90 valence electrons. The first-order valence-corrected chi connectivity index (χ1v) is 6.35. The van der Waals surface area contributed by atoms with Crippen LogP contribution in [0.5, 0.6) is 0 Å². The number of halogens is 1. The molecule has 0 spiro atoms. The molecule has 2 aromatic carbocycles. The average Bonchev–Trinajstić information content (AvgIpc) is 2.37. The zero-order valence-electron chi connectivity index (χ0n) is 9.81. The van der Waals surface area contributed by atoms with Gasteiger partial charge in [0, 0.05) is 11.4 Å². The first kappa shape index (κ1) is 11.5. The van der Waals surface area contributed by atoms with Crippen LogP contribution < -0.4 is 0 Å². The third-order valence-electron chi connectivity index (χ3n) is 3.32. The van der Waals surface area contributed by atoms with E-state index in [2.05, 4.69) is 6.08 Å². The third-order valence-corrected chi connectivity index (χ3v) is 3.55. The smallest absolute Gasteiger partial charge is 0.0836 e. The molecule has 0 fully saturated rings. The van der Waals surface area contributed by atoms with Crippen molar-refractivity contribution in [3.05, 3.63) is 69.7 Å². The van der Waals surface area contributed by atoms with Crippen LogP contribution in [0.15, 0.2) is 42.5 Å². The van der Waals surface area contributed by atoms with E-state index in [1.807, 2.05) is 48.5 Å². The van der Waals surface area contributed by atoms with E-state index in [4.69, 9.17) is 11.6 Å². The summed E-state index contributed by atoms with van der Waals surface area (Å²) in [5.74, 6) is 0. The zero-order valence-corrected chi connectivity index (χ0v) is 10.6. The van der Waals surface area contributed by atoms with Crippen LogP contribution in [-0.2, 0) is 6.42 Å². The van der Waals surface area contributed by atoms with E-state index in [1.54, 1.807) is 0 Å². The van der Waals surface area contributed by atoms with Crippen LogP contribution in [0.4, 0.5) is 0 Å². The molecule has 3 rings (SSSR count). The fourth-order valence-corrected chi connectivity index (χ4v) is 2.55. The summed E-state index contributed by atoms with van der Waals surface area (Å²) in [4.78, 5) is 0. The minimum absolute atomic E-state index is 0.467. The SMILES string of the molecule is OC1Cc2ccc(Cl)cc2/C=C\c2ccccc21. The van der Waals surface area contributed by atoms with Crippen molar-refractivity contribution in [2.24, 2.45) is 0 Å². The molecular formula is C16H13ClO. The predicted molar refractivity (Wildman–Crippen MR) is 75.5 cm³/mol. The maximum Gasteiger partial charge on any atom is 0.0836 e. The molecule has 2 aromatic rings. The molecule has 0 heterocycles. The Morgan fingerprint density at radius 1 is 1.00 bits per heavy atom. The summed E-state index contributed by atoms with van der Waals surface area (Å²) in [6.07, 6.45) is 4.25. The average molecular weight is 257 g/mol. The standard InChI is InChI=1S/C16H13ClO/c17-14-8-7-13-10-16(18)15-4-2-1-3-11(15)5-6-12(13)9-14/h1-9,16,18H,10H2/b6-5-. The number of aliphatic hydroxyl groups excluding tert-OH is 1. The molecule has 0 aromatic heterocycles. The molecule has 0 bridgehead atoms. The second kappa shape index (κ2) is 4.60. The summed E-state index contributed by atoms with van der Waals surface area (Å²) < 4.78 is 0. The number of hydrogen-bond acceptors (Lipinski definition) is 1. The summed E-state index contributed by atoms with van der Waals surface area (Å²) in [5, 5.41) is 11.0. The number of hydrogen-bond donors (Lipinski definition) is 1. The molecule has 0 saturated carbocycles. The molecule has 2 heteroatoms. The van der Waals surface area contributed by atoms with Gasteiger partial charge in [0.15, 0.2) is 0 Å². The topological polar surface area (TPSA) is 20.2 Å². The predicted octanol–water partition coefficient (Wildman–Crippen LogP) is 4.10. The van der Waals surface area contributed by atoms with Crippen molar-refractivity contribution in [2.75, 3.05) is 0 Å². The van der Waals surface area contributed by atoms with Gasteiger partial charge in [-0.15, -0.1) is 0 Å². The number of rotatable bonds is 0. The quantitative estimate of drug-likeness (QED) is 0.752. The van der Waals surface area contributed by atoms with E-state index < -0.39 is 6.10 Å². The third kappa shape index (κ3) is 2.07. The van der Waals surface area contributed by atoms with Crippen LogP contribution in [0.1, 0.15) is 28.4 Å². The lowest BCUT2D eigenvalue weighted by Gasteiger charge is -2.18. The molecule has 0 amide bonds. The molecular weight excluding hydrogens is 244 g/mol. The summed E-state index contributed by atoms with van der Waals surface area (Å²) in [6, 6.07) is 13.7. The van der Waals surface area contributed by atoms with Gasteiger partial charge >= 0.3 is 0 Å². The summed E-state index contributed by atoms with van der Waals surface area (Å²) >= 11 is 6.01. The van der Waals surface area contributed by atoms with E-state index in [1.165, 1.54) is 0 Å². The van der Waals surface area contributed by atoms with Crippen molar-refractivity contribution < 1.29 is 5.11 Å². The number of fused-ring (bicyclic) bond motifs is 2. The molecule has 1 unspecified atom stereocenters. The first-order valence-electron chi connectivity index (χ1n) is 5.97. The van der Waals surface area contributed by atoms with Gasteiger partial charge in [0.1, 0.15) is 0 Å². The Balaban J connectivity index is 2.15. The first-order chi connectivity index (χ1) is 8.74. The van der Waals surface area contributed by atoms with Gasteiger partial charge in [-0.05, 0) is 34.4 Å². The Morgan fingerprint density at radius 2 is 1.78 bits per heavy atom. The minimum Gasteiger partial charge on any atom is -0.388 e. The summed E-state index contributed by atoms with van der Waals surface area (Å²) in [6.45, 7) is 0. The number of benzene rings is 2. The Kier molecular flexibility index (Phi) is 2.94. The molecule has 0 aliphatic heterocycles. The molecule has 1 aliphatic rings. The van der Waals surface area contributed by atoms with Crippen LogP contribution in [-0.4, -0.2) is 5.11 Å². The van der Waals surface area contributed by atoms with Crippen molar-refractivity contribution in [1.82, 2.24) is 0 Å². The lowest BCUT2D eigenvalue weighted by molar-refractivity contribution is 0.178. The van der Waals surface area contributed by atoms with E-state index in [9.17, 15) is 5.11 Å². The van der Waals surface area contributed by atoms with E-state index in [-0.39, 0.29) is 0 Å². The Morgan fingerprint density at radius 3 is 2.67 bits per heavy atom. The fraction of sp³-hybridized carbons (Fsp3) is 0.125. The molecule has 18 heavy (non-hydrogen) atoms. The van der Waals surface area contributed by atoms with Gasteiger partial charge in [-0.25, -0.2) is 0 Å². The van der Waals surface area contributed by atoms with E-state index >= 15 is 0 Å². The maximum absolute atomic E-state index is 10.3. The monoisotopic (exact) mass is 256 g/mol. The Bertz CT molecular complexity index is 616. The zero-order chi connectivity index (χ0) is 12.5. The van der Waals surface area contributed by atoms with E-state index in [0.717, 1.165) is 27.3 Å². The molecule has 1 N–H and O–H groups in total. The normalized spacial score (nSPS) is 19.3. The van der Waals surface area contributed by atoms with Crippen LogP contribution in [0.2, 0.25) is 5.02 Å². The lowest BCUT2D eigenvalue weighted by Crippen LogP contribution is -2.06. The van der Waals surface area contributed by atoms with Crippen molar-refractivity contribution in [3.63, 3.8) is 0 Å². The van der Waals surface area contributed by atoms with Crippen molar-refractivity contribution in [3.8, 4) is 0 Å². The molecule has 1 atom stereocenters. The second-order valence-electron chi connectivity index (χ2n) is 4.53.